The quantitative estimate of drug-likeness (QED) is 0.749. The highest BCUT2D eigenvalue weighted by Gasteiger charge is 2.52. The Morgan fingerprint density at radius 1 is 1.22 bits per heavy atom. The molecule has 2 fully saturated rings. The fourth-order valence-corrected chi connectivity index (χ4v) is 2.31. The van der Waals surface area contributed by atoms with Gasteiger partial charge in [0.15, 0.2) is 0 Å². The van der Waals surface area contributed by atoms with Crippen LogP contribution in [0.3, 0.4) is 0 Å². The van der Waals surface area contributed by atoms with E-state index < -0.39 is 0 Å². The van der Waals surface area contributed by atoms with Crippen LogP contribution in [0.15, 0.2) is 6.20 Å². The van der Waals surface area contributed by atoms with Crippen LogP contribution in [0.2, 0.25) is 0 Å². The number of hydrogen-bond acceptors (Lipinski definition) is 3. The zero-order valence-corrected chi connectivity index (χ0v) is 11.9. The van der Waals surface area contributed by atoms with Crippen LogP contribution in [0.1, 0.15) is 52.4 Å². The molecule has 2 heterocycles. The molecule has 0 radical (unpaired) electrons. The molecule has 5 heteroatoms. The van der Waals surface area contributed by atoms with E-state index in [1.165, 1.54) is 12.8 Å². The van der Waals surface area contributed by atoms with Crippen LogP contribution in [-0.2, 0) is 9.31 Å². The monoisotopic (exact) mass is 248 g/mol. The van der Waals surface area contributed by atoms with Crippen molar-refractivity contribution in [3.05, 3.63) is 12.0 Å². The normalized spacial score (nSPS) is 25.7. The Morgan fingerprint density at radius 3 is 2.28 bits per heavy atom. The maximum Gasteiger partial charge on any atom is 0.516 e. The Balaban J connectivity index is 1.86. The van der Waals surface area contributed by atoms with Gasteiger partial charge in [-0.3, -0.25) is 0 Å². The first kappa shape index (κ1) is 12.2. The molecule has 0 spiro atoms. The predicted octanol–water partition coefficient (Wildman–Crippen LogP) is 1.83. The number of rotatable bonds is 2. The lowest BCUT2D eigenvalue weighted by molar-refractivity contribution is 0.00578. The number of imidazole rings is 1. The van der Waals surface area contributed by atoms with Crippen molar-refractivity contribution in [2.75, 3.05) is 0 Å². The molecule has 0 amide bonds. The lowest BCUT2D eigenvalue weighted by Crippen LogP contribution is -2.41. The van der Waals surface area contributed by atoms with E-state index in [1.807, 2.05) is 6.92 Å². The van der Waals surface area contributed by atoms with Crippen LogP contribution in [0.4, 0.5) is 0 Å². The molecule has 0 N–H and O–H groups in total. The zero-order valence-electron chi connectivity index (χ0n) is 11.9. The lowest BCUT2D eigenvalue weighted by atomic mass is 9.86. The Bertz CT molecular complexity index is 461. The fourth-order valence-electron chi connectivity index (χ4n) is 2.31. The molecule has 18 heavy (non-hydrogen) atoms. The van der Waals surface area contributed by atoms with Crippen LogP contribution in [0.5, 0.6) is 0 Å². The molecule has 1 aliphatic heterocycles. The summed E-state index contributed by atoms with van der Waals surface area (Å²) in [7, 11) is -0.339. The minimum Gasteiger partial charge on any atom is -0.398 e. The van der Waals surface area contributed by atoms with Gasteiger partial charge in [-0.1, -0.05) is 0 Å². The third-order valence-corrected chi connectivity index (χ3v) is 4.37. The van der Waals surface area contributed by atoms with Crippen molar-refractivity contribution in [3.63, 3.8) is 0 Å². The van der Waals surface area contributed by atoms with Crippen LogP contribution < -0.4 is 5.59 Å². The van der Waals surface area contributed by atoms with Gasteiger partial charge >= 0.3 is 7.12 Å². The van der Waals surface area contributed by atoms with Crippen molar-refractivity contribution in [2.24, 2.45) is 0 Å². The van der Waals surface area contributed by atoms with Crippen molar-refractivity contribution in [3.8, 4) is 0 Å². The first-order valence-electron chi connectivity index (χ1n) is 6.71. The number of aryl methyl sites for hydroxylation is 1. The Labute approximate surface area is 109 Å². The average molecular weight is 248 g/mol. The second-order valence-corrected chi connectivity index (χ2v) is 6.44. The molecular weight excluding hydrogens is 227 g/mol. The molecule has 1 saturated carbocycles. The molecule has 98 valence electrons. The summed E-state index contributed by atoms with van der Waals surface area (Å²) in [6, 6.07) is 0.647. The van der Waals surface area contributed by atoms with Gasteiger partial charge in [-0.15, -0.1) is 0 Å². The molecular formula is C13H21BN2O2. The molecule has 4 nitrogen and oxygen atoms in total. The molecule has 0 unspecified atom stereocenters. The van der Waals surface area contributed by atoms with E-state index >= 15 is 0 Å². The molecule has 1 aromatic rings. The smallest absolute Gasteiger partial charge is 0.398 e. The number of nitrogens with zero attached hydrogens (tertiary/aromatic N) is 2. The standard InChI is InChI=1S/C13H21BN2O2/c1-9-15-11(8-16(9)10-6-7-10)14-17-12(2,3)13(4,5)18-14/h8,10H,6-7H2,1-5H3. The Morgan fingerprint density at radius 2 is 1.78 bits per heavy atom. The van der Waals surface area contributed by atoms with Gasteiger partial charge in [0.1, 0.15) is 5.82 Å². The largest absolute Gasteiger partial charge is 0.516 e. The zero-order chi connectivity index (χ0) is 13.1. The second-order valence-electron chi connectivity index (χ2n) is 6.44. The van der Waals surface area contributed by atoms with Crippen LogP contribution >= 0.6 is 0 Å². The maximum absolute atomic E-state index is 6.02. The molecule has 1 aliphatic carbocycles. The van der Waals surface area contributed by atoms with E-state index in [9.17, 15) is 0 Å². The van der Waals surface area contributed by atoms with E-state index in [0.717, 1.165) is 11.4 Å². The molecule has 2 aliphatic rings. The summed E-state index contributed by atoms with van der Waals surface area (Å²) < 4.78 is 14.3. The molecule has 1 aromatic heterocycles. The van der Waals surface area contributed by atoms with Crippen molar-refractivity contribution < 1.29 is 9.31 Å². The van der Waals surface area contributed by atoms with Gasteiger partial charge in [-0.05, 0) is 47.5 Å². The van der Waals surface area contributed by atoms with Gasteiger partial charge in [0.05, 0.1) is 16.8 Å². The maximum atomic E-state index is 6.02. The van der Waals surface area contributed by atoms with E-state index in [1.54, 1.807) is 0 Å². The average Bonchev–Trinajstić information content (AvgIpc) is 2.95. The third-order valence-electron chi connectivity index (χ3n) is 4.37. The summed E-state index contributed by atoms with van der Waals surface area (Å²) in [4.78, 5) is 4.60. The number of hydrogen-bond donors (Lipinski definition) is 0. The SMILES string of the molecule is Cc1nc(B2OC(C)(C)C(C)(C)O2)cn1C1CC1. The summed E-state index contributed by atoms with van der Waals surface area (Å²) in [6.07, 6.45) is 4.62. The molecule has 0 atom stereocenters. The summed E-state index contributed by atoms with van der Waals surface area (Å²) in [5.41, 5.74) is 0.308. The van der Waals surface area contributed by atoms with E-state index in [0.29, 0.717) is 6.04 Å². The fraction of sp³-hybridized carbons (Fsp3) is 0.769. The van der Waals surface area contributed by atoms with Gasteiger partial charge in [0, 0.05) is 12.2 Å². The molecule has 3 rings (SSSR count). The molecule has 1 saturated heterocycles. The van der Waals surface area contributed by atoms with E-state index in [2.05, 4.69) is 43.4 Å². The summed E-state index contributed by atoms with van der Waals surface area (Å²) >= 11 is 0. The van der Waals surface area contributed by atoms with E-state index in [-0.39, 0.29) is 18.3 Å². The highest BCUT2D eigenvalue weighted by Crippen LogP contribution is 2.37. The second kappa shape index (κ2) is 3.61. The van der Waals surface area contributed by atoms with Gasteiger partial charge in [-0.2, -0.15) is 0 Å². The van der Waals surface area contributed by atoms with Crippen molar-refractivity contribution >= 4 is 12.7 Å². The van der Waals surface area contributed by atoms with Crippen LogP contribution in [0, 0.1) is 6.92 Å². The van der Waals surface area contributed by atoms with Crippen LogP contribution in [0.25, 0.3) is 0 Å². The summed E-state index contributed by atoms with van der Waals surface area (Å²) in [5, 5.41) is 0. The van der Waals surface area contributed by atoms with Gasteiger partial charge < -0.3 is 13.9 Å². The predicted molar refractivity (Wildman–Crippen MR) is 71.0 cm³/mol. The minimum absolute atomic E-state index is 0.297. The Hall–Kier alpha value is -0.805. The summed E-state index contributed by atoms with van der Waals surface area (Å²) in [5.74, 6) is 1.06. The third kappa shape index (κ3) is 1.80. The number of aromatic nitrogens is 2. The first-order chi connectivity index (χ1) is 8.30. The molecule has 0 bridgehead atoms. The Kier molecular flexibility index (Phi) is 2.45. The highest BCUT2D eigenvalue weighted by molar-refractivity contribution is 6.61. The molecule has 0 aromatic carbocycles. The van der Waals surface area contributed by atoms with Gasteiger partial charge in [0.2, 0.25) is 0 Å². The minimum atomic E-state index is -0.339. The topological polar surface area (TPSA) is 36.3 Å². The van der Waals surface area contributed by atoms with Crippen molar-refractivity contribution in [1.29, 1.82) is 0 Å². The van der Waals surface area contributed by atoms with Crippen molar-refractivity contribution in [2.45, 2.75) is 64.7 Å². The first-order valence-corrected chi connectivity index (χ1v) is 6.71. The lowest BCUT2D eigenvalue weighted by Gasteiger charge is -2.32. The summed E-state index contributed by atoms with van der Waals surface area (Å²) in [6.45, 7) is 10.3. The highest BCUT2D eigenvalue weighted by atomic mass is 16.7. The van der Waals surface area contributed by atoms with Crippen LogP contribution in [-0.4, -0.2) is 27.9 Å². The van der Waals surface area contributed by atoms with Crippen molar-refractivity contribution in [1.82, 2.24) is 9.55 Å². The van der Waals surface area contributed by atoms with Gasteiger partial charge in [0.25, 0.3) is 0 Å². The van der Waals surface area contributed by atoms with E-state index in [4.69, 9.17) is 9.31 Å². The van der Waals surface area contributed by atoms with Gasteiger partial charge in [-0.25, -0.2) is 4.98 Å².